The van der Waals surface area contributed by atoms with Crippen LogP contribution in [0.4, 0.5) is 10.5 Å². The Kier molecular flexibility index (Phi) is 32.0. The fourth-order valence-corrected chi connectivity index (χ4v) is 2.25. The van der Waals surface area contributed by atoms with Gasteiger partial charge in [-0.05, 0) is 59.5 Å². The maximum Gasteiger partial charge on any atom is 0.408 e. The smallest absolute Gasteiger partial charge is 0.408 e. The van der Waals surface area contributed by atoms with Crippen LogP contribution in [0.1, 0.15) is 74.3 Å². The minimum atomic E-state index is -0.565. The fraction of sp³-hybridized carbons (Fsp3) is 0.621. The van der Waals surface area contributed by atoms with Crippen LogP contribution in [0.3, 0.4) is 0 Å². The Bertz CT molecular complexity index is 812. The third-order valence-electron chi connectivity index (χ3n) is 4.01. The number of hydrogen-bond donors (Lipinski definition) is 4. The Morgan fingerprint density at radius 1 is 1.07 bits per heavy atom. The number of alkyl carbamates (subject to hydrolysis) is 1. The molecule has 1 aromatic carbocycles. The molecular formula is C29H54N4O8. The second-order valence-electron chi connectivity index (χ2n) is 9.14. The molecule has 0 aromatic heterocycles. The van der Waals surface area contributed by atoms with Crippen LogP contribution in [0.5, 0.6) is 0 Å². The number of ether oxygens (including phenoxy) is 2. The van der Waals surface area contributed by atoms with Gasteiger partial charge in [0.2, 0.25) is 5.91 Å². The van der Waals surface area contributed by atoms with E-state index in [1.54, 1.807) is 27.8 Å². The minimum absolute atomic E-state index is 0.00505. The third kappa shape index (κ3) is 34.5. The normalized spacial score (nSPS) is 10.1. The summed E-state index contributed by atoms with van der Waals surface area (Å²) in [5.41, 5.74) is 1.40. The number of carbonyl (C=O) groups excluding carboxylic acids is 4. The first kappa shape index (κ1) is 44.5. The number of carbonyl (C=O) groups is 5. The predicted octanol–water partition coefficient (Wildman–Crippen LogP) is 4.08. The highest BCUT2D eigenvalue weighted by molar-refractivity contribution is 5.94. The molecule has 0 spiro atoms. The lowest BCUT2D eigenvalue weighted by molar-refractivity contribution is -0.141. The summed E-state index contributed by atoms with van der Waals surface area (Å²) in [7, 11) is 3.72. The van der Waals surface area contributed by atoms with Crippen molar-refractivity contribution in [2.75, 3.05) is 39.1 Å². The van der Waals surface area contributed by atoms with Crippen LogP contribution in [-0.2, 0) is 35.2 Å². The van der Waals surface area contributed by atoms with Crippen molar-refractivity contribution in [3.05, 3.63) is 29.8 Å². The number of carboxylic acid groups (broad SMARTS) is 1. The Balaban J connectivity index is -0.000000300. The lowest BCUT2D eigenvalue weighted by atomic mass is 10.2. The maximum absolute atomic E-state index is 11.8. The van der Waals surface area contributed by atoms with Crippen LogP contribution >= 0.6 is 0 Å². The second kappa shape index (κ2) is 29.5. The van der Waals surface area contributed by atoms with Gasteiger partial charge in [0, 0.05) is 25.7 Å². The molecule has 0 aliphatic rings. The summed E-state index contributed by atoms with van der Waals surface area (Å²) in [6.07, 6.45) is 1.29. The van der Waals surface area contributed by atoms with Crippen LogP contribution < -0.4 is 16.0 Å². The predicted molar refractivity (Wildman–Crippen MR) is 163 cm³/mol. The molecule has 4 N–H and O–H groups in total. The van der Waals surface area contributed by atoms with Gasteiger partial charge in [0.1, 0.15) is 18.5 Å². The number of anilines is 1. The highest BCUT2D eigenvalue weighted by atomic mass is 16.6. The summed E-state index contributed by atoms with van der Waals surface area (Å²) in [6, 6.07) is 7.49. The highest BCUT2D eigenvalue weighted by Gasteiger charge is 2.15. The summed E-state index contributed by atoms with van der Waals surface area (Å²) >= 11 is 0. The van der Waals surface area contributed by atoms with Crippen molar-refractivity contribution >= 4 is 36.4 Å². The van der Waals surface area contributed by atoms with Gasteiger partial charge in [0.05, 0.1) is 12.6 Å². The summed E-state index contributed by atoms with van der Waals surface area (Å²) < 4.78 is 9.74. The Hall–Kier alpha value is -3.51. The van der Waals surface area contributed by atoms with E-state index in [1.807, 2.05) is 52.1 Å². The molecule has 12 heteroatoms. The lowest BCUT2D eigenvalue weighted by Gasteiger charge is -2.18. The van der Waals surface area contributed by atoms with E-state index in [-0.39, 0.29) is 30.9 Å². The van der Waals surface area contributed by atoms with E-state index in [4.69, 9.17) is 19.4 Å². The molecule has 0 aliphatic carbocycles. The summed E-state index contributed by atoms with van der Waals surface area (Å²) in [5, 5.41) is 14.9. The number of nitrogens with one attached hydrogen (secondary N) is 3. The van der Waals surface area contributed by atoms with Crippen molar-refractivity contribution in [3.63, 3.8) is 0 Å². The quantitative estimate of drug-likeness (QED) is 0.232. The van der Waals surface area contributed by atoms with Crippen LogP contribution in [0.15, 0.2) is 24.3 Å². The molecule has 1 atom stereocenters. The molecule has 1 rings (SSSR count). The van der Waals surface area contributed by atoms with Crippen molar-refractivity contribution in [1.82, 2.24) is 15.5 Å². The van der Waals surface area contributed by atoms with E-state index in [9.17, 15) is 19.2 Å². The van der Waals surface area contributed by atoms with Gasteiger partial charge in [-0.15, -0.1) is 0 Å². The second-order valence-corrected chi connectivity index (χ2v) is 9.14. The Morgan fingerprint density at radius 2 is 1.56 bits per heavy atom. The number of aldehydes is 1. The number of amides is 2. The van der Waals surface area contributed by atoms with Gasteiger partial charge in [0.25, 0.3) is 6.47 Å². The van der Waals surface area contributed by atoms with E-state index >= 15 is 0 Å². The number of nitrogens with zero attached hydrogens (tertiary/aromatic N) is 1. The van der Waals surface area contributed by atoms with Gasteiger partial charge in [0.15, 0.2) is 0 Å². The zero-order valence-electron chi connectivity index (χ0n) is 26.8. The first-order valence-corrected chi connectivity index (χ1v) is 13.6. The SMILES string of the molecule is CC.CC(C)(C)OC(=O)NCC=O.CCC.CNC(C)C(=O)Nc1ccc(CN(C)CCOC(C)=O)cc1.O=CO. The van der Waals surface area contributed by atoms with E-state index in [0.29, 0.717) is 19.4 Å². The maximum atomic E-state index is 11.8. The molecule has 0 aliphatic heterocycles. The van der Waals surface area contributed by atoms with Gasteiger partial charge in [-0.25, -0.2) is 4.79 Å². The number of benzene rings is 1. The first-order valence-electron chi connectivity index (χ1n) is 13.6. The number of hydrogen-bond acceptors (Lipinski definition) is 9. The van der Waals surface area contributed by atoms with E-state index < -0.39 is 11.7 Å². The molecule has 0 fully saturated rings. The van der Waals surface area contributed by atoms with E-state index in [1.165, 1.54) is 13.3 Å². The molecular weight excluding hydrogens is 532 g/mol. The van der Waals surface area contributed by atoms with Gasteiger partial charge < -0.3 is 35.3 Å². The molecule has 12 nitrogen and oxygen atoms in total. The average Bonchev–Trinajstić information content (AvgIpc) is 2.89. The third-order valence-corrected chi connectivity index (χ3v) is 4.01. The van der Waals surface area contributed by atoms with E-state index in [0.717, 1.165) is 17.8 Å². The average molecular weight is 587 g/mol. The molecule has 1 aromatic rings. The molecule has 41 heavy (non-hydrogen) atoms. The Morgan fingerprint density at radius 3 is 1.95 bits per heavy atom. The molecule has 0 saturated carbocycles. The van der Waals surface area contributed by atoms with Crippen LogP contribution in [-0.4, -0.2) is 86.2 Å². The molecule has 0 heterocycles. The number of likely N-dealkylation sites (N-methyl/N-ethyl adjacent to an activating group) is 2. The number of esters is 1. The molecule has 1 unspecified atom stereocenters. The first-order chi connectivity index (χ1) is 19.2. The summed E-state index contributed by atoms with van der Waals surface area (Å²) in [5.74, 6) is -0.321. The Labute approximate surface area is 246 Å². The van der Waals surface area contributed by atoms with Gasteiger partial charge in [-0.1, -0.05) is 46.2 Å². The van der Waals surface area contributed by atoms with E-state index in [2.05, 4.69) is 34.7 Å². The van der Waals surface area contributed by atoms with Crippen LogP contribution in [0.25, 0.3) is 0 Å². The largest absolute Gasteiger partial charge is 0.483 e. The minimum Gasteiger partial charge on any atom is -0.483 e. The number of rotatable bonds is 10. The van der Waals surface area contributed by atoms with Gasteiger partial charge in [-0.2, -0.15) is 0 Å². The fourth-order valence-electron chi connectivity index (χ4n) is 2.25. The standard InChI is InChI=1S/C16H25N3O3.C7H13NO3.C3H8.C2H6.CH2O2/c1-12(17-3)16(21)18-15-7-5-14(6-8-15)11-19(4)9-10-22-13(2)20;1-7(2,3)11-6(10)8-4-5-9;1-3-2;1-2;2-1-3/h5-8,12,17H,9-11H2,1-4H3,(H,18,21);5H,4H2,1-3H3,(H,8,10);3H2,1-2H3;1-2H3;1H,(H,2,3). The van der Waals surface area contributed by atoms with Crippen molar-refractivity contribution in [2.45, 2.75) is 86.9 Å². The lowest BCUT2D eigenvalue weighted by Crippen LogP contribution is -2.35. The molecule has 0 saturated heterocycles. The molecule has 2 amide bonds. The van der Waals surface area contributed by atoms with Crippen LogP contribution in [0.2, 0.25) is 0 Å². The zero-order valence-corrected chi connectivity index (χ0v) is 26.8. The molecule has 0 radical (unpaired) electrons. The van der Waals surface area contributed by atoms with Crippen LogP contribution in [0, 0.1) is 0 Å². The zero-order chi connectivity index (χ0) is 32.9. The summed E-state index contributed by atoms with van der Waals surface area (Å²) in [4.78, 5) is 53.4. The van der Waals surface area contributed by atoms with Gasteiger partial charge >= 0.3 is 12.1 Å². The summed E-state index contributed by atoms with van der Waals surface area (Å²) in [6.45, 7) is 18.3. The molecule has 238 valence electrons. The van der Waals surface area contributed by atoms with Gasteiger partial charge in [-0.3, -0.25) is 19.3 Å². The monoisotopic (exact) mass is 586 g/mol. The van der Waals surface area contributed by atoms with Crippen molar-refractivity contribution in [2.24, 2.45) is 0 Å². The highest BCUT2D eigenvalue weighted by Crippen LogP contribution is 2.11. The molecule has 0 bridgehead atoms. The van der Waals surface area contributed by atoms with Crippen molar-refractivity contribution < 1.29 is 38.6 Å². The topological polar surface area (TPSA) is 163 Å². The van der Waals surface area contributed by atoms with Crippen molar-refractivity contribution in [3.8, 4) is 0 Å². The van der Waals surface area contributed by atoms with Crippen molar-refractivity contribution in [1.29, 1.82) is 0 Å².